The first-order valence-corrected chi connectivity index (χ1v) is 26.8. The van der Waals surface area contributed by atoms with Crippen LogP contribution in [0.1, 0.15) is 140 Å². The molecule has 0 bridgehead atoms. The van der Waals surface area contributed by atoms with Crippen LogP contribution < -0.4 is 10.0 Å². The van der Waals surface area contributed by atoms with E-state index in [-0.39, 0.29) is 69.3 Å². The fourth-order valence-corrected chi connectivity index (χ4v) is 17.7. The summed E-state index contributed by atoms with van der Waals surface area (Å²) >= 11 is 0. The lowest BCUT2D eigenvalue weighted by atomic mass is 9.32. The van der Waals surface area contributed by atoms with Crippen LogP contribution in [0.3, 0.4) is 0 Å². The Morgan fingerprint density at radius 1 is 0.833 bits per heavy atom. The summed E-state index contributed by atoms with van der Waals surface area (Å²) in [6.07, 6.45) is 10.9. The monoisotopic (exact) mass is 878 g/mol. The third-order valence-electron chi connectivity index (χ3n) is 19.8. The highest BCUT2D eigenvalue weighted by Gasteiger charge is 2.71. The predicted molar refractivity (Wildman–Crippen MR) is 236 cm³/mol. The van der Waals surface area contributed by atoms with Crippen molar-refractivity contribution < 1.29 is 36.3 Å². The van der Waals surface area contributed by atoms with E-state index in [1.54, 1.807) is 13.8 Å². The van der Waals surface area contributed by atoms with Crippen LogP contribution in [0.4, 0.5) is 0 Å². The van der Waals surface area contributed by atoms with Crippen LogP contribution in [0.5, 0.6) is 0 Å². The minimum atomic E-state index is -3.49. The van der Waals surface area contributed by atoms with E-state index in [0.29, 0.717) is 55.6 Å². The predicted octanol–water partition coefficient (Wildman–Crippen LogP) is 7.07. The van der Waals surface area contributed by atoms with Gasteiger partial charge in [-0.15, -0.1) is 0 Å². The standard InChI is InChI=1S/C47H79N3O8S2/c1-29(2)32-14-19-47(48-27-31(28-49-60(56,57)30(3)4)50-22-24-59(54,55)25-23-50)21-20-45(10)33(39(32)47)12-13-37-44(9)17-16-38(43(7,8)36(44)15-18-46(37,45)11)58-41(53)35-26-34(40(51)52)42(35,5)6/h30-39,48-49H,1,12-28H2,2-11H3,(H,51,52)/t31?,32-,33+,34-,35+,36-,37+,38-,39+,44-,45+,46+,47-/m0/s1. The maximum absolute atomic E-state index is 13.7. The molecule has 7 aliphatic rings. The normalized spacial score (nSPS) is 43.6. The molecular weight excluding hydrogens is 799 g/mol. The second-order valence-corrected chi connectivity index (χ2v) is 27.9. The molecule has 3 N–H and O–H groups in total. The molecule has 0 aromatic heterocycles. The summed E-state index contributed by atoms with van der Waals surface area (Å²) in [6, 6.07) is -0.163. The lowest BCUT2D eigenvalue weighted by Gasteiger charge is -2.73. The highest BCUT2D eigenvalue weighted by Crippen LogP contribution is 2.76. The molecule has 342 valence electrons. The first-order chi connectivity index (χ1) is 27.7. The van der Waals surface area contributed by atoms with Crippen molar-refractivity contribution >= 4 is 31.8 Å². The van der Waals surface area contributed by atoms with E-state index >= 15 is 0 Å². The molecule has 7 rings (SSSR count). The van der Waals surface area contributed by atoms with Crippen LogP contribution in [0.2, 0.25) is 0 Å². The van der Waals surface area contributed by atoms with Gasteiger partial charge in [-0.05, 0) is 143 Å². The van der Waals surface area contributed by atoms with E-state index < -0.39 is 42.4 Å². The maximum atomic E-state index is 13.7. The Balaban J connectivity index is 1.11. The quantitative estimate of drug-likeness (QED) is 0.137. The number of nitrogens with zero attached hydrogens (tertiary/aromatic N) is 1. The second kappa shape index (κ2) is 15.6. The SMILES string of the molecule is C=C(C)[C@@H]1CC[C@]2(NCC(CNS(=O)(=O)C(C)C)N3CCS(=O)(=O)CC3)CC[C@]3(C)[C@H](CC[C@@H]4[C@@]5(C)CC[C@H](OC(=O)[C@H]6C[C@@H](C(=O)O)C6(C)C)C(C)(C)[C@@H]5CC[C@]43C)[C@@H]12. The summed E-state index contributed by atoms with van der Waals surface area (Å²) in [7, 11) is -6.59. The number of hydrogen-bond acceptors (Lipinski definition) is 9. The Kier molecular flexibility index (Phi) is 12.1. The number of fused-ring (bicyclic) bond motifs is 7. The number of aliphatic carboxylic acids is 1. The minimum absolute atomic E-state index is 0.0987. The van der Waals surface area contributed by atoms with E-state index in [9.17, 15) is 31.5 Å². The average molecular weight is 878 g/mol. The first-order valence-electron chi connectivity index (χ1n) is 23.4. The Morgan fingerprint density at radius 2 is 1.50 bits per heavy atom. The number of carbonyl (C=O) groups excluding carboxylic acids is 1. The molecule has 13 heteroatoms. The Hall–Kier alpha value is -1.54. The summed E-state index contributed by atoms with van der Waals surface area (Å²) in [5, 5.41) is 13.3. The summed E-state index contributed by atoms with van der Waals surface area (Å²) in [6.45, 7) is 28.1. The van der Waals surface area contributed by atoms with Gasteiger partial charge in [-0.1, -0.05) is 60.6 Å². The zero-order valence-corrected chi connectivity index (χ0v) is 40.2. The van der Waals surface area contributed by atoms with Gasteiger partial charge in [-0.25, -0.2) is 21.6 Å². The number of nitrogens with one attached hydrogen (secondary N) is 2. The zero-order valence-electron chi connectivity index (χ0n) is 38.6. The number of sulfonamides is 1. The van der Waals surface area contributed by atoms with Crippen molar-refractivity contribution in [3.63, 3.8) is 0 Å². The van der Waals surface area contributed by atoms with Gasteiger partial charge in [0.2, 0.25) is 10.0 Å². The first kappa shape index (κ1) is 46.5. The molecule has 13 atom stereocenters. The molecule has 0 radical (unpaired) electrons. The number of rotatable bonds is 12. The van der Waals surface area contributed by atoms with Crippen LogP contribution in [0, 0.1) is 68.5 Å². The van der Waals surface area contributed by atoms with Crippen LogP contribution in [0.25, 0.3) is 0 Å². The molecule has 1 heterocycles. The fourth-order valence-electron chi connectivity index (χ4n) is 15.7. The Labute approximate surface area is 362 Å². The van der Waals surface area contributed by atoms with E-state index in [4.69, 9.17) is 4.74 Å². The van der Waals surface area contributed by atoms with Crippen molar-refractivity contribution in [1.82, 2.24) is 14.9 Å². The topological polar surface area (TPSA) is 159 Å². The number of carbonyl (C=O) groups is 2. The minimum Gasteiger partial charge on any atom is -0.481 e. The summed E-state index contributed by atoms with van der Waals surface area (Å²) < 4.78 is 60.1. The fraction of sp³-hybridized carbons (Fsp3) is 0.915. The highest BCUT2D eigenvalue weighted by molar-refractivity contribution is 7.91. The summed E-state index contributed by atoms with van der Waals surface area (Å²) in [5.41, 5.74) is 0.702. The van der Waals surface area contributed by atoms with E-state index in [1.165, 1.54) is 18.4 Å². The van der Waals surface area contributed by atoms with Crippen molar-refractivity contribution in [2.75, 3.05) is 37.7 Å². The molecular formula is C47H79N3O8S2. The van der Waals surface area contributed by atoms with Crippen LogP contribution >= 0.6 is 0 Å². The molecule has 7 fully saturated rings. The van der Waals surface area contributed by atoms with Crippen molar-refractivity contribution in [3.8, 4) is 0 Å². The summed E-state index contributed by atoms with van der Waals surface area (Å²) in [4.78, 5) is 27.7. The van der Waals surface area contributed by atoms with Gasteiger partial charge in [0.1, 0.15) is 6.10 Å². The Bertz CT molecular complexity index is 1920. The number of carboxylic acids is 1. The highest BCUT2D eigenvalue weighted by atomic mass is 32.2. The molecule has 1 aliphatic heterocycles. The molecule has 0 aromatic carbocycles. The molecule has 1 unspecified atom stereocenters. The van der Waals surface area contributed by atoms with Crippen molar-refractivity contribution in [3.05, 3.63) is 12.2 Å². The van der Waals surface area contributed by atoms with Crippen molar-refractivity contribution in [2.45, 2.75) is 163 Å². The lowest BCUT2D eigenvalue weighted by molar-refractivity contribution is -0.248. The molecule has 6 saturated carbocycles. The van der Waals surface area contributed by atoms with Gasteiger partial charge in [0, 0.05) is 43.2 Å². The van der Waals surface area contributed by atoms with Gasteiger partial charge >= 0.3 is 11.9 Å². The Morgan fingerprint density at radius 3 is 2.10 bits per heavy atom. The lowest BCUT2D eigenvalue weighted by Crippen LogP contribution is -2.69. The number of sulfone groups is 1. The largest absolute Gasteiger partial charge is 0.481 e. The number of esters is 1. The van der Waals surface area contributed by atoms with E-state index in [2.05, 4.69) is 63.1 Å². The van der Waals surface area contributed by atoms with Crippen molar-refractivity contribution in [1.29, 1.82) is 0 Å². The van der Waals surface area contributed by atoms with Gasteiger partial charge in [-0.3, -0.25) is 14.5 Å². The summed E-state index contributed by atoms with van der Waals surface area (Å²) in [5.74, 6) is 0.525. The van der Waals surface area contributed by atoms with E-state index in [1.807, 2.05) is 13.8 Å². The van der Waals surface area contributed by atoms with Gasteiger partial charge < -0.3 is 15.2 Å². The maximum Gasteiger partial charge on any atom is 0.309 e. The van der Waals surface area contributed by atoms with Gasteiger partial charge in [0.25, 0.3) is 0 Å². The van der Waals surface area contributed by atoms with Gasteiger partial charge in [0.15, 0.2) is 9.84 Å². The molecule has 1 saturated heterocycles. The van der Waals surface area contributed by atoms with Crippen LogP contribution in [-0.2, 0) is 34.2 Å². The van der Waals surface area contributed by atoms with Crippen LogP contribution in [-0.4, -0.2) is 99.4 Å². The third kappa shape index (κ3) is 7.37. The van der Waals surface area contributed by atoms with Gasteiger partial charge in [-0.2, -0.15) is 0 Å². The number of carboxylic acid groups (broad SMARTS) is 1. The smallest absolute Gasteiger partial charge is 0.309 e. The van der Waals surface area contributed by atoms with E-state index in [0.717, 1.165) is 51.4 Å². The molecule has 0 amide bonds. The zero-order chi connectivity index (χ0) is 44.2. The second-order valence-electron chi connectivity index (χ2n) is 23.3. The molecule has 0 aromatic rings. The molecule has 6 aliphatic carbocycles. The number of allylic oxidation sites excluding steroid dienone is 1. The molecule has 60 heavy (non-hydrogen) atoms. The number of ether oxygens (including phenoxy) is 1. The average Bonchev–Trinajstić information content (AvgIpc) is 3.53. The molecule has 11 nitrogen and oxygen atoms in total. The van der Waals surface area contributed by atoms with Crippen LogP contribution in [0.15, 0.2) is 12.2 Å². The number of hydrogen-bond donors (Lipinski definition) is 3. The van der Waals surface area contributed by atoms with Crippen molar-refractivity contribution in [2.24, 2.45) is 68.5 Å². The third-order valence-corrected chi connectivity index (χ3v) is 23.3. The van der Waals surface area contributed by atoms with Gasteiger partial charge in [0.05, 0.1) is 28.6 Å². The molecule has 0 spiro atoms.